The van der Waals surface area contributed by atoms with Crippen molar-refractivity contribution in [3.05, 3.63) is 29.1 Å². The molecule has 5 nitrogen and oxygen atoms in total. The molecule has 1 heterocycles. The maximum atomic E-state index is 12.9. The van der Waals surface area contributed by atoms with Gasteiger partial charge in [0, 0.05) is 0 Å². The van der Waals surface area contributed by atoms with E-state index in [0.29, 0.717) is 5.56 Å². The Balaban J connectivity index is 2.40. The Morgan fingerprint density at radius 2 is 2.15 bits per heavy atom. The van der Waals surface area contributed by atoms with Crippen molar-refractivity contribution in [3.8, 4) is 0 Å². The molecule has 0 aliphatic carbocycles. The Morgan fingerprint density at radius 3 is 2.75 bits per heavy atom. The molecule has 0 saturated heterocycles. The molecule has 0 aliphatic rings. The number of amides is 1. The Bertz CT molecular complexity index is 648. The zero-order valence-electron chi connectivity index (χ0n) is 10.6. The average molecular weight is 286 g/mol. The number of fused-ring (bicyclic) bond motifs is 1. The van der Waals surface area contributed by atoms with Gasteiger partial charge < -0.3 is 16.0 Å². The number of aryl methyl sites for hydroxylation is 1. The van der Waals surface area contributed by atoms with E-state index in [-0.39, 0.29) is 29.9 Å². The lowest BCUT2D eigenvalue weighted by atomic mass is 10.1. The van der Waals surface area contributed by atoms with E-state index >= 15 is 0 Å². The van der Waals surface area contributed by atoms with E-state index in [1.807, 2.05) is 0 Å². The molecule has 2 aromatic rings. The maximum Gasteiger partial charge on any atom is 0.418 e. The van der Waals surface area contributed by atoms with Crippen LogP contribution in [0.3, 0.4) is 0 Å². The van der Waals surface area contributed by atoms with Crippen LogP contribution in [0.25, 0.3) is 11.0 Å². The van der Waals surface area contributed by atoms with E-state index in [1.54, 1.807) is 13.0 Å². The first-order valence-corrected chi connectivity index (χ1v) is 5.84. The number of hydrogen-bond acceptors (Lipinski definition) is 3. The van der Waals surface area contributed by atoms with Gasteiger partial charge in [0.2, 0.25) is 5.91 Å². The third-order valence-electron chi connectivity index (χ3n) is 2.72. The lowest BCUT2D eigenvalue weighted by Crippen LogP contribution is -2.30. The number of carbonyl (C=O) groups excluding carboxylic acids is 1. The molecule has 4 N–H and O–H groups in total. The van der Waals surface area contributed by atoms with Gasteiger partial charge in [-0.15, -0.1) is 0 Å². The lowest BCUT2D eigenvalue weighted by Gasteiger charge is -2.07. The highest BCUT2D eigenvalue weighted by atomic mass is 19.4. The highest BCUT2D eigenvalue weighted by molar-refractivity contribution is 5.81. The summed E-state index contributed by atoms with van der Waals surface area (Å²) in [5.41, 5.74) is 4.94. The van der Waals surface area contributed by atoms with Crippen molar-refractivity contribution in [2.24, 2.45) is 5.73 Å². The second kappa shape index (κ2) is 5.12. The number of aromatic amines is 1. The summed E-state index contributed by atoms with van der Waals surface area (Å²) in [6, 6.07) is 2.62. The highest BCUT2D eigenvalue weighted by Crippen LogP contribution is 2.34. The summed E-state index contributed by atoms with van der Waals surface area (Å²) in [6.45, 7) is 1.39. The first-order valence-electron chi connectivity index (χ1n) is 5.84. The fourth-order valence-electron chi connectivity index (χ4n) is 1.87. The molecule has 1 amide bonds. The van der Waals surface area contributed by atoms with E-state index in [1.165, 1.54) is 0 Å². The zero-order valence-corrected chi connectivity index (χ0v) is 10.6. The molecule has 20 heavy (non-hydrogen) atoms. The molecule has 0 radical (unpaired) electrons. The van der Waals surface area contributed by atoms with Crippen molar-refractivity contribution in [2.45, 2.75) is 19.6 Å². The van der Waals surface area contributed by atoms with E-state index < -0.39 is 17.6 Å². The Morgan fingerprint density at radius 1 is 1.45 bits per heavy atom. The van der Waals surface area contributed by atoms with Gasteiger partial charge in [0.15, 0.2) is 0 Å². The van der Waals surface area contributed by atoms with Crippen LogP contribution in [-0.4, -0.2) is 22.4 Å². The number of aromatic nitrogens is 2. The Hall–Kier alpha value is -2.09. The van der Waals surface area contributed by atoms with Crippen molar-refractivity contribution in [1.29, 1.82) is 0 Å². The number of rotatable bonds is 3. The molecule has 2 rings (SSSR count). The van der Waals surface area contributed by atoms with Gasteiger partial charge in [0.25, 0.3) is 0 Å². The predicted octanol–water partition coefficient (Wildman–Crippen LogP) is 1.47. The minimum Gasteiger partial charge on any atom is -0.348 e. The van der Waals surface area contributed by atoms with Gasteiger partial charge in [-0.1, -0.05) is 0 Å². The number of nitrogens with two attached hydrogens (primary N) is 1. The van der Waals surface area contributed by atoms with Crippen LogP contribution >= 0.6 is 0 Å². The molecule has 0 fully saturated rings. The van der Waals surface area contributed by atoms with Crippen molar-refractivity contribution < 1.29 is 18.0 Å². The summed E-state index contributed by atoms with van der Waals surface area (Å²) in [5, 5.41) is 2.44. The van der Waals surface area contributed by atoms with Crippen molar-refractivity contribution in [2.75, 3.05) is 6.54 Å². The third kappa shape index (κ3) is 2.90. The van der Waals surface area contributed by atoms with Crippen LogP contribution in [0.1, 0.15) is 17.0 Å². The van der Waals surface area contributed by atoms with Crippen LogP contribution in [0.4, 0.5) is 13.2 Å². The van der Waals surface area contributed by atoms with Gasteiger partial charge in [0.1, 0.15) is 11.3 Å². The van der Waals surface area contributed by atoms with Gasteiger partial charge in [-0.2, -0.15) is 13.2 Å². The fraction of sp³-hybridized carbons (Fsp3) is 0.333. The molecular weight excluding hydrogens is 273 g/mol. The summed E-state index contributed by atoms with van der Waals surface area (Å²) < 4.78 is 38.8. The predicted molar refractivity (Wildman–Crippen MR) is 66.7 cm³/mol. The molecule has 0 spiro atoms. The second-order valence-corrected chi connectivity index (χ2v) is 4.37. The van der Waals surface area contributed by atoms with Crippen LogP contribution in [0.2, 0.25) is 0 Å². The van der Waals surface area contributed by atoms with Gasteiger partial charge in [-0.05, 0) is 24.6 Å². The van der Waals surface area contributed by atoms with Crippen LogP contribution in [0, 0.1) is 6.92 Å². The summed E-state index contributed by atoms with van der Waals surface area (Å²) in [5.74, 6) is -0.157. The van der Waals surface area contributed by atoms with Gasteiger partial charge in [-0.3, -0.25) is 4.79 Å². The zero-order chi connectivity index (χ0) is 14.9. The monoisotopic (exact) mass is 286 g/mol. The molecule has 0 unspecified atom stereocenters. The second-order valence-electron chi connectivity index (χ2n) is 4.37. The molecule has 0 bridgehead atoms. The minimum atomic E-state index is -4.47. The molecule has 0 atom stereocenters. The largest absolute Gasteiger partial charge is 0.418 e. The summed E-state index contributed by atoms with van der Waals surface area (Å²) in [7, 11) is 0. The van der Waals surface area contributed by atoms with Crippen LogP contribution in [0.15, 0.2) is 12.1 Å². The van der Waals surface area contributed by atoms with Crippen LogP contribution in [0.5, 0.6) is 0 Å². The van der Waals surface area contributed by atoms with Gasteiger partial charge >= 0.3 is 6.18 Å². The number of alkyl halides is 3. The molecular formula is C12H13F3N4O. The molecule has 0 saturated carbocycles. The highest BCUT2D eigenvalue weighted by Gasteiger charge is 2.34. The van der Waals surface area contributed by atoms with Crippen LogP contribution < -0.4 is 11.1 Å². The first-order chi connectivity index (χ1) is 9.31. The standard InChI is InChI=1S/C12H13F3N4O/c1-6-2-7(12(13,14)15)11-8(3-6)18-9(19-11)5-17-10(20)4-16/h2-3H,4-5,16H2,1H3,(H,17,20)(H,18,19). The Labute approximate surface area is 112 Å². The van der Waals surface area contributed by atoms with E-state index in [2.05, 4.69) is 15.3 Å². The van der Waals surface area contributed by atoms with E-state index in [9.17, 15) is 18.0 Å². The molecule has 1 aromatic heterocycles. The number of halogens is 3. The summed E-state index contributed by atoms with van der Waals surface area (Å²) in [6.07, 6.45) is -4.47. The smallest absolute Gasteiger partial charge is 0.348 e. The van der Waals surface area contributed by atoms with E-state index in [0.717, 1.165) is 6.07 Å². The molecule has 1 aromatic carbocycles. The van der Waals surface area contributed by atoms with Crippen LogP contribution in [-0.2, 0) is 17.5 Å². The van der Waals surface area contributed by atoms with Crippen molar-refractivity contribution >= 4 is 16.9 Å². The number of hydrogen-bond donors (Lipinski definition) is 3. The number of benzene rings is 1. The first kappa shape index (κ1) is 14.3. The third-order valence-corrected chi connectivity index (χ3v) is 2.72. The fourth-order valence-corrected chi connectivity index (χ4v) is 1.87. The molecule has 0 aliphatic heterocycles. The van der Waals surface area contributed by atoms with Gasteiger partial charge in [0.05, 0.1) is 24.2 Å². The maximum absolute atomic E-state index is 12.9. The van der Waals surface area contributed by atoms with E-state index in [4.69, 9.17) is 5.73 Å². The SMILES string of the molecule is Cc1cc(C(F)(F)F)c2nc(CNC(=O)CN)[nH]c2c1. The summed E-state index contributed by atoms with van der Waals surface area (Å²) >= 11 is 0. The normalized spacial score (nSPS) is 11.8. The number of H-pyrrole nitrogens is 1. The number of carbonyl (C=O) groups is 1. The Kier molecular flexibility index (Phi) is 3.67. The molecule has 108 valence electrons. The number of nitrogens with zero attached hydrogens (tertiary/aromatic N) is 1. The number of nitrogens with one attached hydrogen (secondary N) is 2. The lowest BCUT2D eigenvalue weighted by molar-refractivity contribution is -0.136. The van der Waals surface area contributed by atoms with Crippen molar-refractivity contribution in [3.63, 3.8) is 0 Å². The van der Waals surface area contributed by atoms with Crippen molar-refractivity contribution in [1.82, 2.24) is 15.3 Å². The minimum absolute atomic E-state index is 0.00105. The number of imidazole rings is 1. The quantitative estimate of drug-likeness (QED) is 0.798. The summed E-state index contributed by atoms with van der Waals surface area (Å²) in [4.78, 5) is 17.7. The topological polar surface area (TPSA) is 83.8 Å². The van der Waals surface area contributed by atoms with Gasteiger partial charge in [-0.25, -0.2) is 4.98 Å². The average Bonchev–Trinajstić information content (AvgIpc) is 2.76. The molecule has 8 heteroatoms.